The van der Waals surface area contributed by atoms with Crippen molar-refractivity contribution in [1.82, 2.24) is 0 Å². The van der Waals surface area contributed by atoms with Gasteiger partial charge in [-0.25, -0.2) is 4.39 Å². The first kappa shape index (κ1) is 9.81. The Balaban J connectivity index is 3.07. The molecular weight excluding hydrogens is 197 g/mol. The van der Waals surface area contributed by atoms with Crippen molar-refractivity contribution in [3.63, 3.8) is 0 Å². The lowest BCUT2D eigenvalue weighted by Gasteiger charge is -1.90. The number of rotatable bonds is 3. The Labute approximate surface area is 74.7 Å². The van der Waals surface area contributed by atoms with Gasteiger partial charge in [-0.05, 0) is 16.7 Å². The second kappa shape index (κ2) is 4.10. The molecule has 13 heavy (non-hydrogen) atoms. The van der Waals surface area contributed by atoms with E-state index in [2.05, 4.69) is 11.1 Å². The van der Waals surface area contributed by atoms with Gasteiger partial charge in [0.2, 0.25) is 5.82 Å². The zero-order valence-electron chi connectivity index (χ0n) is 6.54. The van der Waals surface area contributed by atoms with Crippen LogP contribution in [0.15, 0.2) is 31.0 Å². The largest absolute Gasteiger partial charge is 0.599 e. The molecule has 1 atom stereocenters. The van der Waals surface area contributed by atoms with Crippen molar-refractivity contribution in [2.24, 2.45) is 0 Å². The van der Waals surface area contributed by atoms with Crippen LogP contribution in [0.25, 0.3) is 0 Å². The maximum atomic E-state index is 12.9. The van der Waals surface area contributed by atoms with E-state index in [4.69, 9.17) is 0 Å². The van der Waals surface area contributed by atoms with Gasteiger partial charge in [0.1, 0.15) is 6.26 Å². The van der Waals surface area contributed by atoms with E-state index < -0.39 is 19.7 Å². The molecule has 0 aliphatic carbocycles. The van der Waals surface area contributed by atoms with Crippen LogP contribution in [0, 0.1) is 11.6 Å². The highest BCUT2D eigenvalue weighted by Gasteiger charge is 2.28. The molecule has 0 bridgehead atoms. The maximum absolute atomic E-state index is 12.9. The lowest BCUT2D eigenvalue weighted by molar-refractivity contribution is 0.468. The third-order valence-corrected chi connectivity index (χ3v) is 2.38. The molecule has 5 heteroatoms. The van der Waals surface area contributed by atoms with Gasteiger partial charge in [0, 0.05) is 0 Å². The smallest absolute Gasteiger partial charge is 0.259 e. The van der Waals surface area contributed by atoms with Crippen molar-refractivity contribution in [1.29, 1.82) is 0 Å². The van der Waals surface area contributed by atoms with E-state index in [1.165, 1.54) is 12.1 Å². The molecule has 0 aliphatic rings. The summed E-state index contributed by atoms with van der Waals surface area (Å²) in [5.41, 5.74) is 0. The van der Waals surface area contributed by atoms with E-state index in [1.807, 2.05) is 0 Å². The molecule has 0 radical (unpaired) electrons. The standard InChI is InChI=1S/C8H6F2O2P/c1-2-12-13(11)7-5-3-4-6(9)8(7)10/h2-5H,1H2/q+1. The fraction of sp³-hybridized carbons (Fsp3) is 0. The minimum Gasteiger partial charge on any atom is -0.259 e. The molecule has 0 N–H and O–H groups in total. The Kier molecular flexibility index (Phi) is 3.09. The molecule has 0 saturated carbocycles. The third-order valence-electron chi connectivity index (χ3n) is 1.30. The molecule has 0 aliphatic heterocycles. The van der Waals surface area contributed by atoms with Crippen LogP contribution in [0.4, 0.5) is 8.78 Å². The van der Waals surface area contributed by atoms with Crippen LogP contribution in [0.2, 0.25) is 0 Å². The van der Waals surface area contributed by atoms with Gasteiger partial charge in [0.15, 0.2) is 5.82 Å². The number of hydrogen-bond donors (Lipinski definition) is 0. The zero-order valence-corrected chi connectivity index (χ0v) is 7.43. The highest BCUT2D eigenvalue weighted by Crippen LogP contribution is 2.23. The second-order valence-corrected chi connectivity index (χ2v) is 3.31. The molecular formula is C8H6F2O2P+. The summed E-state index contributed by atoms with van der Waals surface area (Å²) >= 11 is 0. The fourth-order valence-electron chi connectivity index (χ4n) is 0.758. The van der Waals surface area contributed by atoms with Crippen LogP contribution in [0.3, 0.4) is 0 Å². The molecule has 1 aromatic carbocycles. The minimum absolute atomic E-state index is 0.296. The summed E-state index contributed by atoms with van der Waals surface area (Å²) in [6, 6.07) is 3.39. The van der Waals surface area contributed by atoms with Crippen LogP contribution < -0.4 is 5.30 Å². The van der Waals surface area contributed by atoms with E-state index in [0.717, 1.165) is 12.3 Å². The second-order valence-electron chi connectivity index (χ2n) is 2.10. The first-order chi connectivity index (χ1) is 6.16. The van der Waals surface area contributed by atoms with Crippen molar-refractivity contribution >= 4 is 13.3 Å². The lowest BCUT2D eigenvalue weighted by Crippen LogP contribution is -2.05. The van der Waals surface area contributed by atoms with Gasteiger partial charge in [-0.3, -0.25) is 4.52 Å². The van der Waals surface area contributed by atoms with Crippen molar-refractivity contribution in [2.75, 3.05) is 0 Å². The number of halogens is 2. The van der Waals surface area contributed by atoms with E-state index in [9.17, 15) is 13.3 Å². The van der Waals surface area contributed by atoms with Gasteiger partial charge >= 0.3 is 8.03 Å². The summed E-state index contributed by atoms with van der Waals surface area (Å²) in [5, 5.41) is -0.296. The summed E-state index contributed by atoms with van der Waals surface area (Å²) in [6.07, 6.45) is 0.920. The summed E-state index contributed by atoms with van der Waals surface area (Å²) in [5.74, 6) is -2.20. The molecule has 0 saturated heterocycles. The summed E-state index contributed by atoms with van der Waals surface area (Å²) in [7, 11) is -2.40. The molecule has 1 rings (SSSR count). The molecule has 0 heterocycles. The van der Waals surface area contributed by atoms with Crippen LogP contribution in [0.1, 0.15) is 0 Å². The van der Waals surface area contributed by atoms with Crippen molar-refractivity contribution < 1.29 is 17.9 Å². The van der Waals surface area contributed by atoms with Gasteiger partial charge < -0.3 is 0 Å². The highest BCUT2D eigenvalue weighted by atomic mass is 31.1. The van der Waals surface area contributed by atoms with Crippen molar-refractivity contribution in [2.45, 2.75) is 0 Å². The molecule has 68 valence electrons. The monoisotopic (exact) mass is 203 g/mol. The lowest BCUT2D eigenvalue weighted by atomic mass is 10.3. The third kappa shape index (κ3) is 2.10. The van der Waals surface area contributed by atoms with Crippen LogP contribution in [-0.4, -0.2) is 0 Å². The first-order valence-corrected chi connectivity index (χ1v) is 4.53. The maximum Gasteiger partial charge on any atom is 0.599 e. The van der Waals surface area contributed by atoms with Gasteiger partial charge in [-0.1, -0.05) is 12.6 Å². The van der Waals surface area contributed by atoms with Crippen molar-refractivity contribution in [3.05, 3.63) is 42.7 Å². The Morgan fingerprint density at radius 2 is 2.15 bits per heavy atom. The predicted octanol–water partition coefficient (Wildman–Crippen LogP) is 2.49. The Morgan fingerprint density at radius 3 is 2.77 bits per heavy atom. The summed E-state index contributed by atoms with van der Waals surface area (Å²) < 4.78 is 41.0. The fourth-order valence-corrected chi connectivity index (χ4v) is 1.48. The van der Waals surface area contributed by atoms with Crippen LogP contribution >= 0.6 is 8.03 Å². The average Bonchev–Trinajstić information content (AvgIpc) is 2.10. The Bertz CT molecular complexity index is 352. The van der Waals surface area contributed by atoms with Crippen molar-refractivity contribution in [3.8, 4) is 0 Å². The molecule has 0 amide bonds. The van der Waals surface area contributed by atoms with Gasteiger partial charge in [0.05, 0.1) is 0 Å². The van der Waals surface area contributed by atoms with Gasteiger partial charge in [0.25, 0.3) is 5.30 Å². The number of hydrogen-bond acceptors (Lipinski definition) is 2. The van der Waals surface area contributed by atoms with Gasteiger partial charge in [-0.2, -0.15) is 4.39 Å². The topological polar surface area (TPSA) is 26.3 Å². The summed E-state index contributed by atoms with van der Waals surface area (Å²) in [4.78, 5) is 0. The molecule has 2 nitrogen and oxygen atoms in total. The Hall–Kier alpha value is -1.28. The van der Waals surface area contributed by atoms with E-state index in [1.54, 1.807) is 0 Å². The predicted molar refractivity (Wildman–Crippen MR) is 44.9 cm³/mol. The average molecular weight is 203 g/mol. The first-order valence-electron chi connectivity index (χ1n) is 3.35. The normalized spacial score (nSPS) is 10.8. The molecule has 0 aromatic heterocycles. The molecule has 1 unspecified atom stereocenters. The molecule has 0 fully saturated rings. The minimum atomic E-state index is -2.40. The SMILES string of the molecule is C=CO[P+](=O)c1cccc(F)c1F. The molecule has 1 aromatic rings. The number of benzene rings is 1. The Morgan fingerprint density at radius 1 is 1.46 bits per heavy atom. The van der Waals surface area contributed by atoms with E-state index in [-0.39, 0.29) is 5.30 Å². The van der Waals surface area contributed by atoms with Crippen LogP contribution in [0.5, 0.6) is 0 Å². The molecule has 0 spiro atoms. The summed E-state index contributed by atoms with van der Waals surface area (Å²) in [6.45, 7) is 3.16. The van der Waals surface area contributed by atoms with E-state index in [0.29, 0.717) is 0 Å². The zero-order chi connectivity index (χ0) is 9.84. The van der Waals surface area contributed by atoms with E-state index >= 15 is 0 Å². The highest BCUT2D eigenvalue weighted by molar-refractivity contribution is 7.48. The van der Waals surface area contributed by atoms with Crippen LogP contribution in [-0.2, 0) is 9.09 Å². The quantitative estimate of drug-likeness (QED) is 0.557. The van der Waals surface area contributed by atoms with Gasteiger partial charge in [-0.15, -0.1) is 0 Å².